The molecule has 108 valence electrons. The Morgan fingerprint density at radius 3 is 2.85 bits per heavy atom. The Labute approximate surface area is 129 Å². The molecule has 0 bridgehead atoms. The Morgan fingerprint density at radius 1 is 1.20 bits per heavy atom. The molecule has 1 aromatic carbocycles. The number of nitrogens with zero attached hydrogens (tertiary/aromatic N) is 2. The third-order valence-corrected chi connectivity index (χ3v) is 4.79. The highest BCUT2D eigenvalue weighted by Gasteiger charge is 2.09. The van der Waals surface area contributed by atoms with Crippen molar-refractivity contribution in [1.29, 1.82) is 0 Å². The molecule has 1 N–H and O–H groups in total. The molecular weight excluding hydrogens is 286 g/mol. The van der Waals surface area contributed by atoms with Crippen molar-refractivity contribution in [3.8, 4) is 10.6 Å². The zero-order chi connectivity index (χ0) is 14.2. The molecule has 0 saturated carbocycles. The number of hydrogen-bond acceptors (Lipinski definition) is 5. The first kappa shape index (κ1) is 15.5. The van der Waals surface area contributed by atoms with Crippen LogP contribution in [0.4, 0.5) is 0 Å². The van der Waals surface area contributed by atoms with Gasteiger partial charge in [-0.15, -0.1) is 22.0 Å². The van der Waals surface area contributed by atoms with Gasteiger partial charge in [-0.2, -0.15) is 0 Å². The van der Waals surface area contributed by atoms with Gasteiger partial charge in [0.2, 0.25) is 0 Å². The van der Waals surface area contributed by atoms with Crippen molar-refractivity contribution in [2.24, 2.45) is 0 Å². The van der Waals surface area contributed by atoms with Crippen LogP contribution in [-0.4, -0.2) is 29.5 Å². The Morgan fingerprint density at radius 2 is 2.05 bits per heavy atom. The minimum Gasteiger partial charge on any atom is -0.317 e. The normalized spacial score (nSPS) is 10.9. The lowest BCUT2D eigenvalue weighted by molar-refractivity contribution is 0.637. The van der Waals surface area contributed by atoms with E-state index in [1.165, 1.54) is 16.9 Å². The van der Waals surface area contributed by atoms with Crippen LogP contribution in [0.2, 0.25) is 0 Å². The molecular formula is C15H21N3S2. The minimum atomic E-state index is 1.01. The van der Waals surface area contributed by atoms with Gasteiger partial charge in [-0.05, 0) is 38.3 Å². The maximum atomic E-state index is 4.34. The quantitative estimate of drug-likeness (QED) is 0.593. The Kier molecular flexibility index (Phi) is 6.50. The standard InChI is InChI=1S/C15H21N3S2/c1-3-10-16-11-6-9-14-17-18-15(20-14)12-7-4-5-8-13(12)19-2/h4-5,7-8,16H,3,6,9-11H2,1-2H3. The SMILES string of the molecule is CCCNCCCc1nnc(-c2ccccc2SC)s1. The van der Waals surface area contributed by atoms with Gasteiger partial charge in [-0.3, -0.25) is 0 Å². The average Bonchev–Trinajstić information content (AvgIpc) is 2.95. The topological polar surface area (TPSA) is 37.8 Å². The van der Waals surface area contributed by atoms with Gasteiger partial charge in [0.25, 0.3) is 0 Å². The summed E-state index contributed by atoms with van der Waals surface area (Å²) in [6.45, 7) is 4.35. The predicted molar refractivity (Wildman–Crippen MR) is 88.6 cm³/mol. The van der Waals surface area contributed by atoms with Crippen molar-refractivity contribution in [2.45, 2.75) is 31.1 Å². The molecule has 0 aliphatic heterocycles. The van der Waals surface area contributed by atoms with Crippen LogP contribution in [0.25, 0.3) is 10.6 Å². The smallest absolute Gasteiger partial charge is 0.148 e. The van der Waals surface area contributed by atoms with E-state index in [0.29, 0.717) is 0 Å². The lowest BCUT2D eigenvalue weighted by atomic mass is 10.2. The first-order valence-electron chi connectivity index (χ1n) is 7.01. The number of aromatic nitrogens is 2. The fourth-order valence-corrected chi connectivity index (χ4v) is 3.54. The Bertz CT molecular complexity index is 525. The Balaban J connectivity index is 1.95. The van der Waals surface area contributed by atoms with Crippen LogP contribution in [0, 0.1) is 0 Å². The first-order chi connectivity index (χ1) is 9.85. The fourth-order valence-electron chi connectivity index (χ4n) is 1.95. The van der Waals surface area contributed by atoms with E-state index in [9.17, 15) is 0 Å². The van der Waals surface area contributed by atoms with Crippen molar-refractivity contribution in [3.05, 3.63) is 29.3 Å². The van der Waals surface area contributed by atoms with Gasteiger partial charge in [-0.25, -0.2) is 0 Å². The molecule has 2 rings (SSSR count). The maximum Gasteiger partial charge on any atom is 0.148 e. The van der Waals surface area contributed by atoms with E-state index in [1.807, 2.05) is 0 Å². The van der Waals surface area contributed by atoms with Crippen molar-refractivity contribution in [3.63, 3.8) is 0 Å². The summed E-state index contributed by atoms with van der Waals surface area (Å²) < 4.78 is 0. The van der Waals surface area contributed by atoms with Crippen molar-refractivity contribution in [2.75, 3.05) is 19.3 Å². The largest absolute Gasteiger partial charge is 0.317 e. The monoisotopic (exact) mass is 307 g/mol. The number of hydrogen-bond donors (Lipinski definition) is 1. The predicted octanol–water partition coefficient (Wildman–Crippen LogP) is 3.86. The van der Waals surface area contributed by atoms with E-state index >= 15 is 0 Å². The summed E-state index contributed by atoms with van der Waals surface area (Å²) in [6, 6.07) is 8.39. The minimum absolute atomic E-state index is 1.01. The number of rotatable bonds is 8. The molecule has 0 atom stereocenters. The summed E-state index contributed by atoms with van der Waals surface area (Å²) in [6.07, 6.45) is 5.42. The average molecular weight is 307 g/mol. The van der Waals surface area contributed by atoms with Crippen LogP contribution < -0.4 is 5.32 Å². The van der Waals surface area contributed by atoms with Crippen LogP contribution in [0.3, 0.4) is 0 Å². The van der Waals surface area contributed by atoms with Crippen LogP contribution in [0.5, 0.6) is 0 Å². The second-order valence-electron chi connectivity index (χ2n) is 4.55. The molecule has 0 saturated heterocycles. The second kappa shape index (κ2) is 8.39. The van der Waals surface area contributed by atoms with Gasteiger partial charge >= 0.3 is 0 Å². The zero-order valence-corrected chi connectivity index (χ0v) is 13.7. The summed E-state index contributed by atoms with van der Waals surface area (Å²) in [4.78, 5) is 1.26. The highest BCUT2D eigenvalue weighted by Crippen LogP contribution is 2.32. The molecule has 5 heteroatoms. The molecule has 0 fully saturated rings. The molecule has 2 aromatic rings. The van der Waals surface area contributed by atoms with E-state index in [2.05, 4.69) is 53.0 Å². The van der Waals surface area contributed by atoms with E-state index in [-0.39, 0.29) is 0 Å². The number of aryl methyl sites for hydroxylation is 1. The Hall–Kier alpha value is -0.910. The van der Waals surface area contributed by atoms with E-state index in [0.717, 1.165) is 35.9 Å². The lowest BCUT2D eigenvalue weighted by Crippen LogP contribution is -2.16. The molecule has 0 aliphatic carbocycles. The van der Waals surface area contributed by atoms with Gasteiger partial charge < -0.3 is 5.32 Å². The molecule has 20 heavy (non-hydrogen) atoms. The molecule has 0 amide bonds. The van der Waals surface area contributed by atoms with Crippen molar-refractivity contribution >= 4 is 23.1 Å². The number of nitrogens with one attached hydrogen (secondary N) is 1. The molecule has 1 aromatic heterocycles. The van der Waals surface area contributed by atoms with Gasteiger partial charge in [0.15, 0.2) is 0 Å². The summed E-state index contributed by atoms with van der Waals surface area (Å²) >= 11 is 3.47. The molecule has 0 spiro atoms. The molecule has 0 radical (unpaired) electrons. The van der Waals surface area contributed by atoms with Crippen LogP contribution in [0.15, 0.2) is 29.2 Å². The third-order valence-electron chi connectivity index (χ3n) is 2.98. The van der Waals surface area contributed by atoms with E-state index in [4.69, 9.17) is 0 Å². The van der Waals surface area contributed by atoms with Gasteiger partial charge in [0.1, 0.15) is 10.0 Å². The van der Waals surface area contributed by atoms with Crippen LogP contribution >= 0.6 is 23.1 Å². The van der Waals surface area contributed by atoms with Crippen LogP contribution in [-0.2, 0) is 6.42 Å². The lowest BCUT2D eigenvalue weighted by Gasteiger charge is -2.02. The van der Waals surface area contributed by atoms with Gasteiger partial charge in [0.05, 0.1) is 0 Å². The highest BCUT2D eigenvalue weighted by molar-refractivity contribution is 7.98. The first-order valence-corrected chi connectivity index (χ1v) is 9.05. The van der Waals surface area contributed by atoms with E-state index in [1.54, 1.807) is 23.1 Å². The molecule has 1 heterocycles. The molecule has 0 unspecified atom stereocenters. The second-order valence-corrected chi connectivity index (χ2v) is 6.46. The third kappa shape index (κ3) is 4.30. The van der Waals surface area contributed by atoms with Gasteiger partial charge in [-0.1, -0.05) is 36.5 Å². The summed E-state index contributed by atoms with van der Waals surface area (Å²) in [5, 5.41) is 14.2. The van der Waals surface area contributed by atoms with Crippen molar-refractivity contribution in [1.82, 2.24) is 15.5 Å². The number of thioether (sulfide) groups is 1. The highest BCUT2D eigenvalue weighted by atomic mass is 32.2. The molecule has 3 nitrogen and oxygen atoms in total. The van der Waals surface area contributed by atoms with Gasteiger partial charge in [0, 0.05) is 16.9 Å². The maximum absolute atomic E-state index is 4.34. The number of benzene rings is 1. The fraction of sp³-hybridized carbons (Fsp3) is 0.467. The van der Waals surface area contributed by atoms with E-state index < -0.39 is 0 Å². The van der Waals surface area contributed by atoms with Crippen LogP contribution in [0.1, 0.15) is 24.8 Å². The summed E-state index contributed by atoms with van der Waals surface area (Å²) in [7, 11) is 0. The summed E-state index contributed by atoms with van der Waals surface area (Å²) in [5.74, 6) is 0. The zero-order valence-electron chi connectivity index (χ0n) is 12.1. The molecule has 0 aliphatic rings. The summed E-state index contributed by atoms with van der Waals surface area (Å²) in [5.41, 5.74) is 1.20. The van der Waals surface area contributed by atoms with Crippen molar-refractivity contribution < 1.29 is 0 Å².